The molecule has 1 atom stereocenters. The van der Waals surface area contributed by atoms with Crippen molar-refractivity contribution in [3.05, 3.63) is 69.5 Å². The number of nitrogens with zero attached hydrogens (tertiary/aromatic N) is 1. The first-order valence-electron chi connectivity index (χ1n) is 8.47. The number of anilines is 1. The van der Waals surface area contributed by atoms with Crippen LogP contribution in [0.5, 0.6) is 0 Å². The Labute approximate surface area is 157 Å². The lowest BCUT2D eigenvalue weighted by Crippen LogP contribution is -2.16. The highest BCUT2D eigenvalue weighted by molar-refractivity contribution is 7.54. The van der Waals surface area contributed by atoms with Gasteiger partial charge in [-0.3, -0.25) is 14.7 Å². The monoisotopic (exact) mass is 396 g/mol. The first-order valence-corrected chi connectivity index (χ1v) is 10.1. The lowest BCUT2D eigenvalue weighted by Gasteiger charge is -2.28. The van der Waals surface area contributed by atoms with Crippen molar-refractivity contribution in [2.24, 2.45) is 0 Å². The predicted octanol–water partition coefficient (Wildman–Crippen LogP) is 5.42. The summed E-state index contributed by atoms with van der Waals surface area (Å²) in [6.07, 6.45) is 0. The van der Waals surface area contributed by atoms with Gasteiger partial charge < -0.3 is 14.4 Å². The predicted molar refractivity (Wildman–Crippen MR) is 101 cm³/mol. The summed E-state index contributed by atoms with van der Waals surface area (Å²) < 4.78 is 38.6. The summed E-state index contributed by atoms with van der Waals surface area (Å²) in [4.78, 5) is 10.7. The second-order valence-electron chi connectivity index (χ2n) is 5.70. The Kier molecular flexibility index (Phi) is 7.07. The van der Waals surface area contributed by atoms with E-state index in [1.165, 1.54) is 24.3 Å². The fourth-order valence-corrected chi connectivity index (χ4v) is 4.57. The molecule has 0 bridgehead atoms. The zero-order valence-electron chi connectivity index (χ0n) is 15.3. The highest BCUT2D eigenvalue weighted by atomic mass is 31.2. The number of aryl methyl sites for hydroxylation is 1. The Balaban J connectivity index is 2.54. The van der Waals surface area contributed by atoms with Crippen LogP contribution in [0.25, 0.3) is 0 Å². The number of nitrogens with one attached hydrogen (secondary N) is 1. The van der Waals surface area contributed by atoms with E-state index in [4.69, 9.17) is 9.05 Å². The summed E-state index contributed by atoms with van der Waals surface area (Å²) in [5, 5.41) is 14.1. The van der Waals surface area contributed by atoms with E-state index in [0.29, 0.717) is 11.3 Å². The van der Waals surface area contributed by atoms with Crippen LogP contribution in [-0.2, 0) is 13.6 Å². The van der Waals surface area contributed by atoms with E-state index in [1.54, 1.807) is 39.0 Å². The largest absolute Gasteiger partial charge is 0.368 e. The van der Waals surface area contributed by atoms with Gasteiger partial charge in [-0.05, 0) is 32.9 Å². The first kappa shape index (κ1) is 21.0. The van der Waals surface area contributed by atoms with Gasteiger partial charge in [0.05, 0.1) is 18.1 Å². The fourth-order valence-electron chi connectivity index (χ4n) is 2.62. The van der Waals surface area contributed by atoms with Gasteiger partial charge >= 0.3 is 7.60 Å². The van der Waals surface area contributed by atoms with E-state index in [0.717, 1.165) is 0 Å². The standard InChI is InChI=1S/C18H22FN2O5P/c1-4-25-27(24,26-5-2)18(15-8-6-7-9-16(15)19)20-14-11-10-13(3)17(12-14)21(22)23/h6-12,18,20H,4-5H2,1-3H3. The van der Waals surface area contributed by atoms with E-state index < -0.39 is 24.1 Å². The van der Waals surface area contributed by atoms with Gasteiger partial charge in [-0.15, -0.1) is 0 Å². The van der Waals surface area contributed by atoms with Gasteiger partial charge in [-0.25, -0.2) is 4.39 Å². The second kappa shape index (κ2) is 9.08. The zero-order chi connectivity index (χ0) is 20.0. The van der Waals surface area contributed by atoms with Gasteiger partial charge in [0, 0.05) is 22.9 Å². The molecule has 2 aromatic carbocycles. The van der Waals surface area contributed by atoms with Crippen LogP contribution in [-0.4, -0.2) is 18.1 Å². The minimum absolute atomic E-state index is 0.0889. The third-order valence-electron chi connectivity index (χ3n) is 3.84. The van der Waals surface area contributed by atoms with Crippen LogP contribution in [0.4, 0.5) is 15.8 Å². The van der Waals surface area contributed by atoms with Gasteiger partial charge in [0.1, 0.15) is 5.82 Å². The topological polar surface area (TPSA) is 90.7 Å². The zero-order valence-corrected chi connectivity index (χ0v) is 16.2. The van der Waals surface area contributed by atoms with Crippen LogP contribution in [0.1, 0.15) is 30.8 Å². The van der Waals surface area contributed by atoms with Crippen molar-refractivity contribution in [1.82, 2.24) is 0 Å². The van der Waals surface area contributed by atoms with Crippen molar-refractivity contribution < 1.29 is 22.9 Å². The van der Waals surface area contributed by atoms with Crippen molar-refractivity contribution in [3.63, 3.8) is 0 Å². The maximum absolute atomic E-state index is 14.4. The Bertz CT molecular complexity index is 851. The molecule has 0 heterocycles. The Morgan fingerprint density at radius 1 is 1.19 bits per heavy atom. The van der Waals surface area contributed by atoms with Gasteiger partial charge in [-0.2, -0.15) is 0 Å². The normalized spacial score (nSPS) is 12.6. The van der Waals surface area contributed by atoms with Gasteiger partial charge in [0.25, 0.3) is 5.69 Å². The second-order valence-corrected chi connectivity index (χ2v) is 7.81. The summed E-state index contributed by atoms with van der Waals surface area (Å²) in [5.74, 6) is -1.75. The molecular formula is C18H22FN2O5P. The van der Waals surface area contributed by atoms with E-state index in [-0.39, 0.29) is 24.5 Å². The van der Waals surface area contributed by atoms with E-state index in [2.05, 4.69) is 5.32 Å². The van der Waals surface area contributed by atoms with Gasteiger partial charge in [-0.1, -0.05) is 24.3 Å². The summed E-state index contributed by atoms with van der Waals surface area (Å²) in [7, 11) is -3.82. The van der Waals surface area contributed by atoms with Crippen LogP contribution in [0, 0.1) is 22.9 Å². The molecule has 1 N–H and O–H groups in total. The number of hydrogen-bond acceptors (Lipinski definition) is 6. The SMILES string of the molecule is CCOP(=O)(OCC)C(Nc1ccc(C)c([N+](=O)[O-])c1)c1ccccc1F. The summed E-state index contributed by atoms with van der Waals surface area (Å²) in [6, 6.07) is 10.3. The molecule has 0 saturated heterocycles. The molecule has 0 saturated carbocycles. The maximum atomic E-state index is 14.4. The highest BCUT2D eigenvalue weighted by Crippen LogP contribution is 2.61. The average Bonchev–Trinajstić information content (AvgIpc) is 2.62. The highest BCUT2D eigenvalue weighted by Gasteiger charge is 2.38. The quantitative estimate of drug-likeness (QED) is 0.346. The van der Waals surface area contributed by atoms with Gasteiger partial charge in [0.15, 0.2) is 5.78 Å². The number of nitro benzene ring substituents is 1. The number of hydrogen-bond donors (Lipinski definition) is 1. The Morgan fingerprint density at radius 2 is 1.81 bits per heavy atom. The molecular weight excluding hydrogens is 374 g/mol. The maximum Gasteiger partial charge on any atom is 0.357 e. The third kappa shape index (κ3) is 4.91. The number of halogens is 1. The molecule has 7 nitrogen and oxygen atoms in total. The minimum atomic E-state index is -3.82. The van der Waals surface area contributed by atoms with Crippen LogP contribution < -0.4 is 5.32 Å². The average molecular weight is 396 g/mol. The molecule has 0 aliphatic rings. The van der Waals surface area contributed by atoms with Crippen LogP contribution in [0.2, 0.25) is 0 Å². The van der Waals surface area contributed by atoms with Crippen LogP contribution in [0.15, 0.2) is 42.5 Å². The fraction of sp³-hybridized carbons (Fsp3) is 0.333. The van der Waals surface area contributed by atoms with E-state index in [1.807, 2.05) is 0 Å². The molecule has 9 heteroatoms. The Hall–Kier alpha value is -2.28. The smallest absolute Gasteiger partial charge is 0.357 e. The molecule has 0 aliphatic heterocycles. The first-order chi connectivity index (χ1) is 12.8. The summed E-state index contributed by atoms with van der Waals surface area (Å²) in [6.45, 7) is 5.11. The molecule has 0 spiro atoms. The third-order valence-corrected chi connectivity index (χ3v) is 6.12. The van der Waals surface area contributed by atoms with Crippen molar-refractivity contribution in [1.29, 1.82) is 0 Å². The molecule has 0 aromatic heterocycles. The summed E-state index contributed by atoms with van der Waals surface area (Å²) in [5.41, 5.74) is 0.770. The van der Waals surface area contributed by atoms with E-state index >= 15 is 0 Å². The molecule has 146 valence electrons. The number of rotatable bonds is 9. The Morgan fingerprint density at radius 3 is 2.37 bits per heavy atom. The van der Waals surface area contributed by atoms with Gasteiger partial charge in [0.2, 0.25) is 0 Å². The van der Waals surface area contributed by atoms with Crippen molar-refractivity contribution in [2.75, 3.05) is 18.5 Å². The van der Waals surface area contributed by atoms with Crippen LogP contribution in [0.3, 0.4) is 0 Å². The molecule has 2 rings (SSSR count). The molecule has 1 unspecified atom stereocenters. The number of nitro groups is 1. The lowest BCUT2D eigenvalue weighted by molar-refractivity contribution is -0.385. The van der Waals surface area contributed by atoms with Crippen LogP contribution >= 0.6 is 7.60 Å². The van der Waals surface area contributed by atoms with Crippen molar-refractivity contribution >= 4 is 19.0 Å². The molecule has 0 aliphatic carbocycles. The molecule has 2 aromatic rings. The van der Waals surface area contributed by atoms with E-state index in [9.17, 15) is 19.1 Å². The molecule has 27 heavy (non-hydrogen) atoms. The number of benzene rings is 2. The molecule has 0 fully saturated rings. The lowest BCUT2D eigenvalue weighted by atomic mass is 10.1. The molecule has 0 amide bonds. The van der Waals surface area contributed by atoms with Crippen molar-refractivity contribution in [2.45, 2.75) is 26.6 Å². The van der Waals surface area contributed by atoms with Crippen molar-refractivity contribution in [3.8, 4) is 0 Å². The minimum Gasteiger partial charge on any atom is -0.368 e. The summed E-state index contributed by atoms with van der Waals surface area (Å²) >= 11 is 0. The molecule has 0 radical (unpaired) electrons.